The minimum Gasteiger partial charge on any atom is -0.326 e. The molecule has 0 unspecified atom stereocenters. The van der Waals surface area contributed by atoms with E-state index in [0.717, 1.165) is 17.7 Å². The zero-order valence-corrected chi connectivity index (χ0v) is 11.5. The number of rotatable bonds is 2. The predicted molar refractivity (Wildman–Crippen MR) is 77.7 cm³/mol. The maximum atomic E-state index is 13.1. The smallest absolute Gasteiger partial charge is 0.255 e. The summed E-state index contributed by atoms with van der Waals surface area (Å²) in [5.41, 5.74) is 2.13. The first-order valence-electron chi connectivity index (χ1n) is 6.72. The van der Waals surface area contributed by atoms with Crippen molar-refractivity contribution in [2.45, 2.75) is 12.8 Å². The van der Waals surface area contributed by atoms with Crippen LogP contribution >= 0.6 is 0 Å². The molecule has 2 aromatic rings. The summed E-state index contributed by atoms with van der Waals surface area (Å²) >= 11 is 0. The molecule has 0 spiro atoms. The number of anilines is 2. The third-order valence-electron chi connectivity index (χ3n) is 3.45. The number of fused-ring (bicyclic) bond motifs is 1. The molecule has 4 nitrogen and oxygen atoms in total. The Morgan fingerprint density at radius 3 is 2.64 bits per heavy atom. The molecule has 2 aromatic carbocycles. The normalized spacial score (nSPS) is 13.3. The number of nitrogens with one attached hydrogen (secondary N) is 2. The van der Waals surface area contributed by atoms with Crippen LogP contribution in [0, 0.1) is 11.6 Å². The largest absolute Gasteiger partial charge is 0.326 e. The van der Waals surface area contributed by atoms with Crippen LogP contribution in [-0.2, 0) is 11.2 Å². The number of carbonyl (C=O) groups is 2. The molecule has 0 fully saturated rings. The summed E-state index contributed by atoms with van der Waals surface area (Å²) in [6, 6.07) is 8.10. The Balaban J connectivity index is 1.80. The molecule has 0 bridgehead atoms. The first-order valence-corrected chi connectivity index (χ1v) is 6.72. The molecule has 2 amide bonds. The van der Waals surface area contributed by atoms with Gasteiger partial charge in [-0.05, 0) is 42.3 Å². The second kappa shape index (κ2) is 5.55. The van der Waals surface area contributed by atoms with E-state index in [1.54, 1.807) is 12.1 Å². The number of halogens is 2. The van der Waals surface area contributed by atoms with Gasteiger partial charge in [0.05, 0.1) is 0 Å². The third-order valence-corrected chi connectivity index (χ3v) is 3.45. The van der Waals surface area contributed by atoms with Crippen molar-refractivity contribution in [3.05, 3.63) is 59.2 Å². The average Bonchev–Trinajstić information content (AvgIpc) is 2.49. The highest BCUT2D eigenvalue weighted by Gasteiger charge is 2.16. The maximum Gasteiger partial charge on any atom is 0.255 e. The van der Waals surface area contributed by atoms with Gasteiger partial charge in [-0.15, -0.1) is 0 Å². The van der Waals surface area contributed by atoms with Gasteiger partial charge in [0.2, 0.25) is 5.91 Å². The maximum absolute atomic E-state index is 13.1. The molecule has 22 heavy (non-hydrogen) atoms. The van der Waals surface area contributed by atoms with Gasteiger partial charge >= 0.3 is 0 Å². The zero-order chi connectivity index (χ0) is 15.7. The van der Waals surface area contributed by atoms with Crippen molar-refractivity contribution in [1.82, 2.24) is 0 Å². The lowest BCUT2D eigenvalue weighted by molar-refractivity contribution is -0.116. The SMILES string of the molecule is O=C1CCc2ccc(NC(=O)c3ccc(F)c(F)c3)cc2N1. The number of hydrogen-bond donors (Lipinski definition) is 2. The van der Waals surface area contributed by atoms with Crippen molar-refractivity contribution in [2.75, 3.05) is 10.6 Å². The molecule has 2 N–H and O–H groups in total. The van der Waals surface area contributed by atoms with Crippen LogP contribution in [0.4, 0.5) is 20.2 Å². The van der Waals surface area contributed by atoms with Crippen LogP contribution in [0.2, 0.25) is 0 Å². The van der Waals surface area contributed by atoms with E-state index in [9.17, 15) is 18.4 Å². The quantitative estimate of drug-likeness (QED) is 0.895. The van der Waals surface area contributed by atoms with Crippen LogP contribution in [-0.4, -0.2) is 11.8 Å². The van der Waals surface area contributed by atoms with Gasteiger partial charge in [0.25, 0.3) is 5.91 Å². The number of aryl methyl sites for hydroxylation is 1. The van der Waals surface area contributed by atoms with E-state index in [1.807, 2.05) is 6.07 Å². The summed E-state index contributed by atoms with van der Waals surface area (Å²) < 4.78 is 26.0. The fraction of sp³-hybridized carbons (Fsp3) is 0.125. The number of benzene rings is 2. The average molecular weight is 302 g/mol. The van der Waals surface area contributed by atoms with E-state index in [-0.39, 0.29) is 11.5 Å². The van der Waals surface area contributed by atoms with Gasteiger partial charge in [0.1, 0.15) is 0 Å². The molecular weight excluding hydrogens is 290 g/mol. The van der Waals surface area contributed by atoms with Crippen molar-refractivity contribution >= 4 is 23.2 Å². The Labute approximate surface area is 125 Å². The Kier molecular flexibility index (Phi) is 3.58. The number of hydrogen-bond acceptors (Lipinski definition) is 2. The predicted octanol–water partition coefficient (Wildman–Crippen LogP) is 3.10. The van der Waals surface area contributed by atoms with Crippen LogP contribution < -0.4 is 10.6 Å². The van der Waals surface area contributed by atoms with Crippen LogP contribution in [0.3, 0.4) is 0 Å². The van der Waals surface area contributed by atoms with Crippen molar-refractivity contribution in [1.29, 1.82) is 0 Å². The highest BCUT2D eigenvalue weighted by atomic mass is 19.2. The Morgan fingerprint density at radius 2 is 1.86 bits per heavy atom. The Morgan fingerprint density at radius 1 is 1.05 bits per heavy atom. The third kappa shape index (κ3) is 2.81. The molecule has 1 heterocycles. The van der Waals surface area contributed by atoms with Gasteiger partial charge in [-0.25, -0.2) is 8.78 Å². The second-order valence-electron chi connectivity index (χ2n) is 5.00. The molecule has 0 atom stereocenters. The van der Waals surface area contributed by atoms with Crippen molar-refractivity contribution in [3.8, 4) is 0 Å². The monoisotopic (exact) mass is 302 g/mol. The van der Waals surface area contributed by atoms with Gasteiger partial charge < -0.3 is 10.6 Å². The molecule has 0 saturated heterocycles. The Hall–Kier alpha value is -2.76. The summed E-state index contributed by atoms with van der Waals surface area (Å²) in [7, 11) is 0. The molecule has 0 radical (unpaired) electrons. The lowest BCUT2D eigenvalue weighted by Crippen LogP contribution is -2.19. The number of amides is 2. The fourth-order valence-corrected chi connectivity index (χ4v) is 2.29. The topological polar surface area (TPSA) is 58.2 Å². The summed E-state index contributed by atoms with van der Waals surface area (Å²) in [4.78, 5) is 23.4. The van der Waals surface area contributed by atoms with E-state index in [4.69, 9.17) is 0 Å². The van der Waals surface area contributed by atoms with Crippen molar-refractivity contribution in [3.63, 3.8) is 0 Å². The number of carbonyl (C=O) groups excluding carboxylic acids is 2. The summed E-state index contributed by atoms with van der Waals surface area (Å²) in [6.45, 7) is 0. The molecule has 1 aliphatic heterocycles. The lowest BCUT2D eigenvalue weighted by atomic mass is 10.0. The summed E-state index contributed by atoms with van der Waals surface area (Å²) in [6.07, 6.45) is 1.09. The molecule has 0 aliphatic carbocycles. The van der Waals surface area contributed by atoms with Gasteiger partial charge in [-0.1, -0.05) is 6.07 Å². The fourth-order valence-electron chi connectivity index (χ4n) is 2.29. The standard InChI is InChI=1S/C16H12F2N2O2/c17-12-5-2-10(7-13(12)18)16(22)19-11-4-1-9-3-6-15(21)20-14(9)8-11/h1-2,4-5,7-8H,3,6H2,(H,19,22)(H,20,21). The van der Waals surface area contributed by atoms with E-state index in [0.29, 0.717) is 24.2 Å². The van der Waals surface area contributed by atoms with E-state index in [1.165, 1.54) is 6.07 Å². The van der Waals surface area contributed by atoms with Gasteiger partial charge in [-0.2, -0.15) is 0 Å². The van der Waals surface area contributed by atoms with Crippen LogP contribution in [0.1, 0.15) is 22.3 Å². The molecule has 112 valence electrons. The Bertz CT molecular complexity index is 775. The summed E-state index contributed by atoms with van der Waals surface area (Å²) in [5, 5.41) is 5.32. The second-order valence-corrected chi connectivity index (χ2v) is 5.00. The molecule has 6 heteroatoms. The van der Waals surface area contributed by atoms with E-state index < -0.39 is 17.5 Å². The minimum atomic E-state index is -1.08. The highest BCUT2D eigenvalue weighted by molar-refractivity contribution is 6.05. The van der Waals surface area contributed by atoms with Gasteiger partial charge in [0, 0.05) is 23.4 Å². The first-order chi connectivity index (χ1) is 10.5. The van der Waals surface area contributed by atoms with Crippen LogP contribution in [0.15, 0.2) is 36.4 Å². The van der Waals surface area contributed by atoms with E-state index in [2.05, 4.69) is 10.6 Å². The van der Waals surface area contributed by atoms with Gasteiger partial charge in [0.15, 0.2) is 11.6 Å². The lowest BCUT2D eigenvalue weighted by Gasteiger charge is -2.17. The first kappa shape index (κ1) is 14.2. The van der Waals surface area contributed by atoms with Crippen LogP contribution in [0.25, 0.3) is 0 Å². The molecule has 1 aliphatic rings. The summed E-state index contributed by atoms with van der Waals surface area (Å²) in [5.74, 6) is -2.71. The highest BCUT2D eigenvalue weighted by Crippen LogP contribution is 2.26. The van der Waals surface area contributed by atoms with Crippen LogP contribution in [0.5, 0.6) is 0 Å². The zero-order valence-electron chi connectivity index (χ0n) is 11.5. The van der Waals surface area contributed by atoms with E-state index >= 15 is 0 Å². The van der Waals surface area contributed by atoms with Crippen molar-refractivity contribution in [2.24, 2.45) is 0 Å². The molecule has 3 rings (SSSR count). The van der Waals surface area contributed by atoms with Crippen molar-refractivity contribution < 1.29 is 18.4 Å². The molecule has 0 saturated carbocycles. The van der Waals surface area contributed by atoms with Gasteiger partial charge in [-0.3, -0.25) is 9.59 Å². The molecule has 0 aromatic heterocycles. The molecular formula is C16H12F2N2O2. The minimum absolute atomic E-state index is 0.0145.